The molecule has 150 valence electrons. The van der Waals surface area contributed by atoms with Gasteiger partial charge in [0.05, 0.1) is 17.1 Å². The van der Waals surface area contributed by atoms with Crippen LogP contribution in [0.15, 0.2) is 60.8 Å². The molecule has 0 radical (unpaired) electrons. The van der Waals surface area contributed by atoms with Crippen LogP contribution in [0, 0.1) is 0 Å². The zero-order valence-corrected chi connectivity index (χ0v) is 16.6. The van der Waals surface area contributed by atoms with Crippen molar-refractivity contribution < 1.29 is 9.90 Å². The van der Waals surface area contributed by atoms with E-state index in [9.17, 15) is 9.90 Å². The van der Waals surface area contributed by atoms with E-state index in [-0.39, 0.29) is 11.9 Å². The van der Waals surface area contributed by atoms with Crippen molar-refractivity contribution in [2.45, 2.75) is 30.9 Å². The van der Waals surface area contributed by atoms with Crippen LogP contribution in [0.4, 0.5) is 0 Å². The number of nitrogens with zero attached hydrogens (tertiary/aromatic N) is 2. The minimum Gasteiger partial charge on any atom is -0.383 e. The van der Waals surface area contributed by atoms with Crippen LogP contribution in [0.5, 0.6) is 0 Å². The lowest BCUT2D eigenvalue weighted by molar-refractivity contribution is -0.0877. The molecule has 1 aromatic heterocycles. The summed E-state index contributed by atoms with van der Waals surface area (Å²) in [5.74, 6) is 0.0392. The second kappa shape index (κ2) is 7.32. The van der Waals surface area contributed by atoms with Gasteiger partial charge in [-0.15, -0.1) is 0 Å². The van der Waals surface area contributed by atoms with Gasteiger partial charge >= 0.3 is 0 Å². The highest BCUT2D eigenvalue weighted by molar-refractivity contribution is 6.05. The Bertz CT molecular complexity index is 1010. The zero-order valence-electron chi connectivity index (χ0n) is 16.6. The van der Waals surface area contributed by atoms with E-state index in [4.69, 9.17) is 0 Å². The molecule has 2 aliphatic heterocycles. The molecule has 3 heterocycles. The molecule has 0 spiro atoms. The van der Waals surface area contributed by atoms with Gasteiger partial charge in [-0.05, 0) is 50.0 Å². The molecule has 2 saturated heterocycles. The Hall–Kier alpha value is -2.63. The zero-order chi connectivity index (χ0) is 19.8. The van der Waals surface area contributed by atoms with Gasteiger partial charge in [-0.25, -0.2) is 0 Å². The smallest absolute Gasteiger partial charge is 0.256 e. The summed E-state index contributed by atoms with van der Waals surface area (Å²) in [7, 11) is 0. The Morgan fingerprint density at radius 3 is 2.59 bits per heavy atom. The van der Waals surface area contributed by atoms with Gasteiger partial charge < -0.3 is 15.0 Å². The molecule has 2 aromatic carbocycles. The number of H-pyrrole nitrogens is 1. The van der Waals surface area contributed by atoms with Crippen LogP contribution in [0.2, 0.25) is 0 Å². The van der Waals surface area contributed by atoms with Crippen LogP contribution in [0.3, 0.4) is 0 Å². The number of amides is 1. The van der Waals surface area contributed by atoms with E-state index in [1.54, 1.807) is 0 Å². The number of likely N-dealkylation sites (tertiary alicyclic amines) is 2. The average molecular weight is 389 g/mol. The molecule has 2 atom stereocenters. The summed E-state index contributed by atoms with van der Waals surface area (Å²) in [4.78, 5) is 20.9. The van der Waals surface area contributed by atoms with Gasteiger partial charge in [0, 0.05) is 24.7 Å². The molecule has 3 aromatic rings. The second-order valence-electron chi connectivity index (χ2n) is 8.30. The fraction of sp³-hybridized carbons (Fsp3) is 0.375. The van der Waals surface area contributed by atoms with Gasteiger partial charge in [0.25, 0.3) is 5.91 Å². The molecule has 2 aliphatic rings. The van der Waals surface area contributed by atoms with E-state index in [2.05, 4.69) is 9.88 Å². The molecule has 1 amide bonds. The average Bonchev–Trinajstić information content (AvgIpc) is 3.46. The van der Waals surface area contributed by atoms with Gasteiger partial charge in [0.2, 0.25) is 0 Å². The maximum absolute atomic E-state index is 13.4. The molecule has 5 rings (SSSR count). The van der Waals surface area contributed by atoms with Crippen molar-refractivity contribution in [2.75, 3.05) is 26.2 Å². The van der Waals surface area contributed by atoms with Crippen molar-refractivity contribution in [3.05, 3.63) is 71.9 Å². The van der Waals surface area contributed by atoms with E-state index in [1.807, 2.05) is 65.7 Å². The quantitative estimate of drug-likeness (QED) is 0.722. The minimum absolute atomic E-state index is 0.0392. The maximum atomic E-state index is 13.4. The van der Waals surface area contributed by atoms with Gasteiger partial charge in [0.15, 0.2) is 0 Å². The topological polar surface area (TPSA) is 59.6 Å². The number of fused-ring (bicyclic) bond motifs is 1. The predicted molar refractivity (Wildman–Crippen MR) is 114 cm³/mol. The number of nitrogens with one attached hydrogen (secondary N) is 1. The fourth-order valence-electron chi connectivity index (χ4n) is 5.08. The number of rotatable bonds is 3. The number of carbonyl (C=O) groups is 1. The van der Waals surface area contributed by atoms with E-state index < -0.39 is 5.60 Å². The summed E-state index contributed by atoms with van der Waals surface area (Å²) in [6, 6.07) is 17.7. The van der Waals surface area contributed by atoms with Crippen molar-refractivity contribution >= 4 is 16.8 Å². The number of carbonyl (C=O) groups excluding carboxylic acids is 1. The molecule has 2 N–H and O–H groups in total. The largest absolute Gasteiger partial charge is 0.383 e. The van der Waals surface area contributed by atoms with Crippen molar-refractivity contribution in [3.63, 3.8) is 0 Å². The van der Waals surface area contributed by atoms with Gasteiger partial charge in [-0.1, -0.05) is 42.5 Å². The lowest BCUT2D eigenvalue weighted by atomic mass is 9.79. The molecule has 0 saturated carbocycles. The number of hydrogen-bond acceptors (Lipinski definition) is 3. The van der Waals surface area contributed by atoms with E-state index in [0.717, 1.165) is 42.4 Å². The van der Waals surface area contributed by atoms with Crippen molar-refractivity contribution in [2.24, 2.45) is 0 Å². The highest BCUT2D eigenvalue weighted by Crippen LogP contribution is 2.38. The number of aromatic nitrogens is 1. The van der Waals surface area contributed by atoms with Crippen LogP contribution >= 0.6 is 0 Å². The molecule has 0 aliphatic carbocycles. The van der Waals surface area contributed by atoms with Gasteiger partial charge in [0.1, 0.15) is 5.60 Å². The molecule has 0 bridgehead atoms. The molecule has 2 fully saturated rings. The highest BCUT2D eigenvalue weighted by Gasteiger charge is 2.47. The third-order valence-electron chi connectivity index (χ3n) is 6.67. The first-order chi connectivity index (χ1) is 14.2. The van der Waals surface area contributed by atoms with E-state index in [0.29, 0.717) is 25.1 Å². The van der Waals surface area contributed by atoms with Gasteiger partial charge in [-0.3, -0.25) is 9.69 Å². The Labute approximate surface area is 170 Å². The Morgan fingerprint density at radius 1 is 1.00 bits per heavy atom. The fourth-order valence-corrected chi connectivity index (χ4v) is 5.08. The Morgan fingerprint density at radius 2 is 1.79 bits per heavy atom. The Kier molecular flexibility index (Phi) is 4.64. The third kappa shape index (κ3) is 3.15. The molecule has 5 heteroatoms. The number of piperidine rings is 1. The van der Waals surface area contributed by atoms with Crippen LogP contribution in [0.1, 0.15) is 35.2 Å². The number of para-hydroxylation sites is 1. The van der Waals surface area contributed by atoms with Crippen LogP contribution in [0.25, 0.3) is 10.9 Å². The minimum atomic E-state index is -0.930. The summed E-state index contributed by atoms with van der Waals surface area (Å²) in [6.45, 7) is 3.05. The van der Waals surface area contributed by atoms with E-state index >= 15 is 0 Å². The lowest BCUT2D eigenvalue weighted by Crippen LogP contribution is -2.61. The highest BCUT2D eigenvalue weighted by atomic mass is 16.3. The predicted octanol–water partition coefficient (Wildman–Crippen LogP) is 3.37. The van der Waals surface area contributed by atoms with Crippen LogP contribution < -0.4 is 0 Å². The second-order valence-corrected chi connectivity index (χ2v) is 8.30. The molecule has 5 nitrogen and oxygen atoms in total. The molecular weight excluding hydrogens is 362 g/mol. The van der Waals surface area contributed by atoms with Crippen molar-refractivity contribution in [1.29, 1.82) is 0 Å². The number of aliphatic hydroxyl groups is 1. The summed E-state index contributed by atoms with van der Waals surface area (Å²) >= 11 is 0. The number of aromatic amines is 1. The first-order valence-corrected chi connectivity index (χ1v) is 10.5. The van der Waals surface area contributed by atoms with Gasteiger partial charge in [-0.2, -0.15) is 0 Å². The first-order valence-electron chi connectivity index (χ1n) is 10.5. The summed E-state index contributed by atoms with van der Waals surface area (Å²) < 4.78 is 0. The SMILES string of the molecule is O=C(c1cccc2cc[nH]c12)N1CC[C@](O)(c2ccccc2)[C@H](N2CCCC2)C1. The third-order valence-corrected chi connectivity index (χ3v) is 6.67. The molecule has 29 heavy (non-hydrogen) atoms. The normalized spacial score (nSPS) is 25.6. The summed E-state index contributed by atoms with van der Waals surface area (Å²) in [5, 5.41) is 12.8. The Balaban J connectivity index is 1.47. The number of hydrogen-bond donors (Lipinski definition) is 2. The molecular formula is C24H27N3O2. The summed E-state index contributed by atoms with van der Waals surface area (Å²) in [5.41, 5.74) is 1.62. The van der Waals surface area contributed by atoms with E-state index in [1.165, 1.54) is 0 Å². The number of benzene rings is 2. The lowest BCUT2D eigenvalue weighted by Gasteiger charge is -2.48. The molecule has 0 unspecified atom stereocenters. The van der Waals surface area contributed by atoms with Crippen molar-refractivity contribution in [3.8, 4) is 0 Å². The van der Waals surface area contributed by atoms with Crippen LogP contribution in [-0.2, 0) is 5.60 Å². The summed E-state index contributed by atoms with van der Waals surface area (Å²) in [6.07, 6.45) is 4.72. The monoisotopic (exact) mass is 389 g/mol. The first kappa shape index (κ1) is 18.4. The maximum Gasteiger partial charge on any atom is 0.256 e. The standard InChI is InChI=1S/C24H27N3O2/c28-23(20-10-6-7-18-11-13-25-22(18)20)27-16-12-24(29,19-8-2-1-3-9-19)21(17-27)26-14-4-5-15-26/h1-3,6-11,13,21,25,29H,4-5,12,14-17H2/t21-,24+/m1/s1. The van der Waals surface area contributed by atoms with Crippen LogP contribution in [-0.4, -0.2) is 58.0 Å². The van der Waals surface area contributed by atoms with Crippen molar-refractivity contribution in [1.82, 2.24) is 14.8 Å².